The van der Waals surface area contributed by atoms with Crippen molar-refractivity contribution in [2.75, 3.05) is 0 Å². The van der Waals surface area contributed by atoms with Gasteiger partial charge in [-0.05, 0) is 67.1 Å². The number of fused-ring (bicyclic) bond motifs is 1. The number of benzene rings is 2. The van der Waals surface area contributed by atoms with Crippen molar-refractivity contribution in [2.45, 2.75) is 53.9 Å². The second-order valence-electron chi connectivity index (χ2n) is 8.07. The molecule has 1 spiro atoms. The number of alkyl halides is 3. The Kier molecular flexibility index (Phi) is 5.14. The molecule has 4 rings (SSSR count). The van der Waals surface area contributed by atoms with Gasteiger partial charge in [0.05, 0.1) is 4.90 Å². The van der Waals surface area contributed by atoms with Crippen LogP contribution in [0.25, 0.3) is 0 Å². The molecule has 31 heavy (non-hydrogen) atoms. The van der Waals surface area contributed by atoms with E-state index in [1.807, 2.05) is 0 Å². The highest BCUT2D eigenvalue weighted by molar-refractivity contribution is 7.92. The van der Waals surface area contributed by atoms with Crippen LogP contribution in [0, 0.1) is 6.92 Å². The standard InChI is InChI=1S/C20H20F3NO5S2/c1-13-3-2-4-17(9-13)30(25,26)18-11-15-10-16(29-31(27,28)20(21,22)23)6-5-14(15)12-19(24-18)7-8-19/h2-6,9-10,18,24H,7-8,11-12H2,1H3. The van der Waals surface area contributed by atoms with Crippen LogP contribution in [0.1, 0.15) is 29.5 Å². The maximum atomic E-state index is 13.3. The van der Waals surface area contributed by atoms with Gasteiger partial charge in [0, 0.05) is 12.0 Å². The van der Waals surface area contributed by atoms with E-state index < -0.39 is 42.1 Å². The second kappa shape index (κ2) is 7.21. The summed E-state index contributed by atoms with van der Waals surface area (Å²) in [7, 11) is -9.62. The van der Waals surface area contributed by atoms with E-state index >= 15 is 0 Å². The Hall–Kier alpha value is -2.11. The molecule has 0 saturated heterocycles. The zero-order chi connectivity index (χ0) is 22.7. The molecule has 1 N–H and O–H groups in total. The van der Waals surface area contributed by atoms with Gasteiger partial charge >= 0.3 is 15.6 Å². The minimum Gasteiger partial charge on any atom is -0.376 e. The maximum Gasteiger partial charge on any atom is 0.534 e. The lowest BCUT2D eigenvalue weighted by Gasteiger charge is -2.22. The summed E-state index contributed by atoms with van der Waals surface area (Å²) < 4.78 is 91.6. The quantitative estimate of drug-likeness (QED) is 0.540. The molecule has 2 aliphatic rings. The predicted octanol–water partition coefficient (Wildman–Crippen LogP) is 3.24. The van der Waals surface area contributed by atoms with Crippen LogP contribution in [0.4, 0.5) is 13.2 Å². The van der Waals surface area contributed by atoms with Gasteiger partial charge in [0.1, 0.15) is 11.1 Å². The molecule has 0 amide bonds. The molecule has 2 aromatic carbocycles. The summed E-state index contributed by atoms with van der Waals surface area (Å²) in [5.41, 5.74) is -3.98. The van der Waals surface area contributed by atoms with Crippen molar-refractivity contribution in [1.29, 1.82) is 0 Å². The van der Waals surface area contributed by atoms with Gasteiger partial charge < -0.3 is 4.18 Å². The molecule has 2 aromatic rings. The van der Waals surface area contributed by atoms with Crippen molar-refractivity contribution in [2.24, 2.45) is 0 Å². The normalized spacial score (nSPS) is 20.7. The van der Waals surface area contributed by atoms with Gasteiger partial charge in [0.2, 0.25) is 0 Å². The average Bonchev–Trinajstić information content (AvgIpc) is 3.44. The van der Waals surface area contributed by atoms with Crippen LogP contribution in [0.3, 0.4) is 0 Å². The Morgan fingerprint density at radius 3 is 2.35 bits per heavy atom. The fourth-order valence-corrected chi connectivity index (χ4v) is 6.02. The van der Waals surface area contributed by atoms with Crippen LogP contribution >= 0.6 is 0 Å². The number of sulfone groups is 1. The van der Waals surface area contributed by atoms with Crippen LogP contribution in [0.5, 0.6) is 5.75 Å². The maximum absolute atomic E-state index is 13.3. The first-order valence-corrected chi connectivity index (χ1v) is 12.5. The molecular weight excluding hydrogens is 455 g/mol. The van der Waals surface area contributed by atoms with Crippen molar-refractivity contribution >= 4 is 20.0 Å². The molecular formula is C20H20F3NO5S2. The van der Waals surface area contributed by atoms with Gasteiger partial charge in [0.15, 0.2) is 9.84 Å². The lowest BCUT2D eigenvalue weighted by Crippen LogP contribution is -2.45. The zero-order valence-corrected chi connectivity index (χ0v) is 18.1. The predicted molar refractivity (Wildman–Crippen MR) is 107 cm³/mol. The first kappa shape index (κ1) is 22.1. The molecule has 11 heteroatoms. The van der Waals surface area contributed by atoms with E-state index in [9.17, 15) is 30.0 Å². The Morgan fingerprint density at radius 2 is 1.74 bits per heavy atom. The van der Waals surface area contributed by atoms with Crippen LogP contribution in [0.15, 0.2) is 47.4 Å². The Labute approximate surface area is 178 Å². The third kappa shape index (κ3) is 4.31. The number of rotatable bonds is 4. The highest BCUT2D eigenvalue weighted by atomic mass is 32.2. The molecule has 6 nitrogen and oxygen atoms in total. The Balaban J connectivity index is 1.71. The van der Waals surface area contributed by atoms with Gasteiger partial charge in [-0.25, -0.2) is 8.42 Å². The second-order valence-corrected chi connectivity index (χ2v) is 11.7. The Bertz CT molecular complexity index is 1240. The first-order valence-electron chi connectivity index (χ1n) is 9.52. The molecule has 1 saturated carbocycles. The minimum absolute atomic E-state index is 0.0311. The lowest BCUT2D eigenvalue weighted by atomic mass is 9.99. The fraction of sp³-hybridized carbons (Fsp3) is 0.400. The number of nitrogens with one attached hydrogen (secondary N) is 1. The summed E-state index contributed by atoms with van der Waals surface area (Å²) in [5, 5.41) is 2.23. The summed E-state index contributed by atoms with van der Waals surface area (Å²) in [5.74, 6) is -0.505. The molecule has 1 unspecified atom stereocenters. The zero-order valence-electron chi connectivity index (χ0n) is 16.4. The molecule has 168 valence electrons. The Morgan fingerprint density at radius 1 is 1.03 bits per heavy atom. The van der Waals surface area contributed by atoms with E-state index in [1.54, 1.807) is 25.1 Å². The average molecular weight is 476 g/mol. The van der Waals surface area contributed by atoms with Gasteiger partial charge in [-0.3, -0.25) is 5.32 Å². The van der Waals surface area contributed by atoms with Gasteiger partial charge in [0.25, 0.3) is 0 Å². The third-order valence-corrected chi connectivity index (χ3v) is 8.54. The van der Waals surface area contributed by atoms with Crippen LogP contribution in [-0.2, 0) is 32.8 Å². The van der Waals surface area contributed by atoms with E-state index in [4.69, 9.17) is 0 Å². The van der Waals surface area contributed by atoms with Crippen molar-refractivity contribution in [3.63, 3.8) is 0 Å². The number of hydrogen-bond acceptors (Lipinski definition) is 6. The summed E-state index contributed by atoms with van der Waals surface area (Å²) >= 11 is 0. The lowest BCUT2D eigenvalue weighted by molar-refractivity contribution is -0.0500. The smallest absolute Gasteiger partial charge is 0.376 e. The van der Waals surface area contributed by atoms with Crippen LogP contribution in [0.2, 0.25) is 0 Å². The first-order chi connectivity index (χ1) is 14.3. The van der Waals surface area contributed by atoms with E-state index in [1.165, 1.54) is 18.2 Å². The summed E-state index contributed by atoms with van der Waals surface area (Å²) in [6, 6.07) is 10.3. The summed E-state index contributed by atoms with van der Waals surface area (Å²) in [6.07, 6.45) is 2.01. The number of aryl methyl sites for hydroxylation is 1. The molecule has 1 aliphatic heterocycles. The number of hydrogen-bond donors (Lipinski definition) is 1. The van der Waals surface area contributed by atoms with Crippen molar-refractivity contribution < 1.29 is 34.2 Å². The van der Waals surface area contributed by atoms with Gasteiger partial charge in [-0.1, -0.05) is 18.2 Å². The fourth-order valence-electron chi connectivity index (χ4n) is 3.81. The molecule has 1 fully saturated rings. The van der Waals surface area contributed by atoms with Crippen LogP contribution in [-0.4, -0.2) is 33.3 Å². The number of halogens is 3. The molecule has 0 aromatic heterocycles. The van der Waals surface area contributed by atoms with Gasteiger partial charge in [-0.2, -0.15) is 21.6 Å². The topological polar surface area (TPSA) is 89.5 Å². The largest absolute Gasteiger partial charge is 0.534 e. The van der Waals surface area contributed by atoms with E-state index in [2.05, 4.69) is 9.50 Å². The highest BCUT2D eigenvalue weighted by Crippen LogP contribution is 2.43. The molecule has 1 heterocycles. The highest BCUT2D eigenvalue weighted by Gasteiger charge is 2.50. The van der Waals surface area contributed by atoms with Gasteiger partial charge in [-0.15, -0.1) is 0 Å². The molecule has 1 aliphatic carbocycles. The van der Waals surface area contributed by atoms with Crippen LogP contribution < -0.4 is 9.50 Å². The summed E-state index contributed by atoms with van der Waals surface area (Å²) in [4.78, 5) is 0.149. The SMILES string of the molecule is Cc1cccc(S(=O)(=O)C2Cc3cc(OS(=O)(=O)C(F)(F)F)ccc3CC3(CC3)N2)c1. The van der Waals surface area contributed by atoms with Crippen molar-refractivity contribution in [1.82, 2.24) is 5.32 Å². The van der Waals surface area contributed by atoms with Crippen molar-refractivity contribution in [3.05, 3.63) is 59.2 Å². The van der Waals surface area contributed by atoms with E-state index in [0.717, 1.165) is 30.0 Å². The van der Waals surface area contributed by atoms with Crippen molar-refractivity contribution in [3.8, 4) is 5.75 Å². The minimum atomic E-state index is -5.82. The molecule has 0 bridgehead atoms. The monoisotopic (exact) mass is 475 g/mol. The van der Waals surface area contributed by atoms with E-state index in [-0.39, 0.29) is 11.3 Å². The molecule has 0 radical (unpaired) electrons. The third-order valence-electron chi connectivity index (χ3n) is 5.61. The summed E-state index contributed by atoms with van der Waals surface area (Å²) in [6.45, 7) is 1.78. The van der Waals surface area contributed by atoms with E-state index in [0.29, 0.717) is 12.0 Å². The molecule has 1 atom stereocenters.